The Morgan fingerprint density at radius 3 is 2.74 bits per heavy atom. The van der Waals surface area contributed by atoms with Gasteiger partial charge < -0.3 is 9.47 Å². The smallest absolute Gasteiger partial charge is 0.435 e. The molecule has 6 nitrogen and oxygen atoms in total. The summed E-state index contributed by atoms with van der Waals surface area (Å²) in [6, 6.07) is 8.68. The Bertz CT molecular complexity index is 998. The van der Waals surface area contributed by atoms with Crippen molar-refractivity contribution in [2.24, 2.45) is 0 Å². The molecule has 0 aliphatic rings. The predicted octanol–water partition coefficient (Wildman–Crippen LogP) is 4.14. The lowest BCUT2D eigenvalue weighted by Crippen LogP contribution is -2.10. The lowest BCUT2D eigenvalue weighted by atomic mass is 10.3. The summed E-state index contributed by atoms with van der Waals surface area (Å²) in [5, 5.41) is 3.92. The second-order valence-corrected chi connectivity index (χ2v) is 5.46. The predicted molar refractivity (Wildman–Crippen MR) is 90.0 cm³/mol. The fourth-order valence-electron chi connectivity index (χ4n) is 2.01. The van der Waals surface area contributed by atoms with Crippen LogP contribution in [0.4, 0.5) is 13.2 Å². The molecule has 0 aliphatic heterocycles. The van der Waals surface area contributed by atoms with Crippen LogP contribution in [-0.4, -0.2) is 26.4 Å². The highest BCUT2D eigenvalue weighted by molar-refractivity contribution is 6.30. The second kappa shape index (κ2) is 7.55. The summed E-state index contributed by atoms with van der Waals surface area (Å²) >= 11 is 5.89. The standard InChI is InChI=1S/C17H10ClF3N4O2/c1-2-8-26-15-10-13(17(19,20)21)24-25(15)16-22-7-6-14(23-16)27-12-5-3-4-11(18)9-12/h1,3-7,9-10H,8H2. The molecular formula is C17H10ClF3N4O2. The Labute approximate surface area is 156 Å². The first kappa shape index (κ1) is 18.5. The fraction of sp³-hybridized carbons (Fsp3) is 0.118. The molecule has 0 amide bonds. The first-order valence-electron chi connectivity index (χ1n) is 7.37. The Balaban J connectivity index is 1.96. The van der Waals surface area contributed by atoms with Gasteiger partial charge in [0.25, 0.3) is 5.95 Å². The third kappa shape index (κ3) is 4.48. The van der Waals surface area contributed by atoms with Crippen molar-refractivity contribution in [1.29, 1.82) is 0 Å². The molecule has 1 aromatic carbocycles. The average molecular weight is 395 g/mol. The van der Waals surface area contributed by atoms with Gasteiger partial charge in [-0.05, 0) is 18.2 Å². The van der Waals surface area contributed by atoms with Gasteiger partial charge in [-0.2, -0.15) is 27.9 Å². The molecule has 138 valence electrons. The molecule has 3 rings (SSSR count). The van der Waals surface area contributed by atoms with Crippen LogP contribution in [0.15, 0.2) is 42.6 Å². The molecule has 2 heterocycles. The maximum atomic E-state index is 13.0. The number of aromatic nitrogens is 4. The zero-order valence-electron chi connectivity index (χ0n) is 13.4. The van der Waals surface area contributed by atoms with Crippen molar-refractivity contribution in [3.63, 3.8) is 0 Å². The van der Waals surface area contributed by atoms with E-state index in [-0.39, 0.29) is 24.3 Å². The van der Waals surface area contributed by atoms with Gasteiger partial charge in [0.1, 0.15) is 5.75 Å². The molecule has 0 bridgehead atoms. The van der Waals surface area contributed by atoms with Crippen molar-refractivity contribution >= 4 is 11.6 Å². The Hall–Kier alpha value is -3.25. The quantitative estimate of drug-likeness (QED) is 0.609. The number of alkyl halides is 3. The van der Waals surface area contributed by atoms with Gasteiger partial charge in [0.2, 0.25) is 11.8 Å². The monoisotopic (exact) mass is 394 g/mol. The zero-order valence-corrected chi connectivity index (χ0v) is 14.2. The Morgan fingerprint density at radius 2 is 2.04 bits per heavy atom. The number of nitrogens with zero attached hydrogens (tertiary/aromatic N) is 4. The first-order valence-corrected chi connectivity index (χ1v) is 7.75. The van der Waals surface area contributed by atoms with E-state index in [2.05, 4.69) is 21.0 Å². The average Bonchev–Trinajstić information content (AvgIpc) is 3.05. The molecule has 0 saturated carbocycles. The van der Waals surface area contributed by atoms with Crippen molar-refractivity contribution < 1.29 is 22.6 Å². The number of terminal acetylenes is 1. The number of hydrogen-bond donors (Lipinski definition) is 0. The Morgan fingerprint density at radius 1 is 1.22 bits per heavy atom. The summed E-state index contributed by atoms with van der Waals surface area (Å²) in [5.74, 6) is 2.21. The van der Waals surface area contributed by atoms with E-state index >= 15 is 0 Å². The number of ether oxygens (including phenoxy) is 2. The zero-order chi connectivity index (χ0) is 19.4. The van der Waals surface area contributed by atoms with E-state index < -0.39 is 11.9 Å². The van der Waals surface area contributed by atoms with E-state index in [1.54, 1.807) is 24.3 Å². The van der Waals surface area contributed by atoms with Gasteiger partial charge in [-0.25, -0.2) is 4.98 Å². The lowest BCUT2D eigenvalue weighted by Gasteiger charge is -2.08. The van der Waals surface area contributed by atoms with Crippen LogP contribution in [-0.2, 0) is 6.18 Å². The fourth-order valence-corrected chi connectivity index (χ4v) is 2.19. The van der Waals surface area contributed by atoms with Gasteiger partial charge in [0.05, 0.1) is 0 Å². The van der Waals surface area contributed by atoms with E-state index in [4.69, 9.17) is 27.5 Å². The minimum absolute atomic E-state index is 0.0780. The molecule has 10 heteroatoms. The third-order valence-corrected chi connectivity index (χ3v) is 3.33. The highest BCUT2D eigenvalue weighted by atomic mass is 35.5. The number of halogens is 4. The molecule has 0 saturated heterocycles. The maximum Gasteiger partial charge on any atom is 0.435 e. The number of rotatable bonds is 5. The van der Waals surface area contributed by atoms with Gasteiger partial charge in [0, 0.05) is 23.4 Å². The SMILES string of the molecule is C#CCOc1cc(C(F)(F)F)nn1-c1nccc(Oc2cccc(Cl)c2)n1. The van der Waals surface area contributed by atoms with Crippen LogP contribution in [0, 0.1) is 12.3 Å². The maximum absolute atomic E-state index is 13.0. The van der Waals surface area contributed by atoms with E-state index in [0.29, 0.717) is 16.8 Å². The molecule has 2 aromatic heterocycles. The van der Waals surface area contributed by atoms with Crippen molar-refractivity contribution in [2.45, 2.75) is 6.18 Å². The largest absolute Gasteiger partial charge is 0.464 e. The molecule has 0 spiro atoms. The van der Waals surface area contributed by atoms with Gasteiger partial charge >= 0.3 is 6.18 Å². The summed E-state index contributed by atoms with van der Waals surface area (Å²) in [6.07, 6.45) is 1.73. The van der Waals surface area contributed by atoms with Crippen LogP contribution in [0.5, 0.6) is 17.5 Å². The van der Waals surface area contributed by atoms with Crippen LogP contribution in [0.1, 0.15) is 5.69 Å². The summed E-state index contributed by atoms with van der Waals surface area (Å²) in [7, 11) is 0. The highest BCUT2D eigenvalue weighted by Crippen LogP contribution is 2.32. The summed E-state index contributed by atoms with van der Waals surface area (Å²) < 4.78 is 50.4. The summed E-state index contributed by atoms with van der Waals surface area (Å²) in [6.45, 7) is -0.248. The van der Waals surface area contributed by atoms with Gasteiger partial charge in [-0.3, -0.25) is 0 Å². The van der Waals surface area contributed by atoms with Crippen LogP contribution in [0.2, 0.25) is 5.02 Å². The van der Waals surface area contributed by atoms with Gasteiger partial charge in [-0.1, -0.05) is 23.6 Å². The molecule has 0 N–H and O–H groups in total. The molecule has 3 aromatic rings. The minimum atomic E-state index is -4.67. The van der Waals surface area contributed by atoms with Crippen molar-refractivity contribution in [3.05, 3.63) is 53.3 Å². The van der Waals surface area contributed by atoms with E-state index in [1.807, 2.05) is 0 Å². The van der Waals surface area contributed by atoms with Crippen molar-refractivity contribution in [3.8, 4) is 35.8 Å². The number of benzene rings is 1. The Kier molecular flexibility index (Phi) is 5.19. The van der Waals surface area contributed by atoms with E-state index in [1.165, 1.54) is 12.3 Å². The third-order valence-electron chi connectivity index (χ3n) is 3.10. The van der Waals surface area contributed by atoms with Gasteiger partial charge in [0.15, 0.2) is 12.3 Å². The number of hydrogen-bond acceptors (Lipinski definition) is 5. The molecule has 27 heavy (non-hydrogen) atoms. The molecular weight excluding hydrogens is 385 g/mol. The van der Waals surface area contributed by atoms with Crippen molar-refractivity contribution in [1.82, 2.24) is 19.7 Å². The highest BCUT2D eigenvalue weighted by Gasteiger charge is 2.36. The van der Waals surface area contributed by atoms with E-state index in [0.717, 1.165) is 4.68 Å². The van der Waals surface area contributed by atoms with Gasteiger partial charge in [-0.15, -0.1) is 6.42 Å². The topological polar surface area (TPSA) is 62.1 Å². The van der Waals surface area contributed by atoms with Crippen LogP contribution in [0.3, 0.4) is 0 Å². The first-order chi connectivity index (χ1) is 12.9. The van der Waals surface area contributed by atoms with Crippen LogP contribution < -0.4 is 9.47 Å². The summed E-state index contributed by atoms with van der Waals surface area (Å²) in [4.78, 5) is 7.97. The molecule has 0 unspecified atom stereocenters. The van der Waals surface area contributed by atoms with Crippen LogP contribution >= 0.6 is 11.6 Å². The molecule has 0 radical (unpaired) electrons. The second-order valence-electron chi connectivity index (χ2n) is 5.02. The van der Waals surface area contributed by atoms with Crippen molar-refractivity contribution in [2.75, 3.05) is 6.61 Å². The molecule has 0 fully saturated rings. The lowest BCUT2D eigenvalue weighted by molar-refractivity contribution is -0.141. The minimum Gasteiger partial charge on any atom is -0.464 e. The van der Waals surface area contributed by atoms with E-state index in [9.17, 15) is 13.2 Å². The van der Waals surface area contributed by atoms with Crippen LogP contribution in [0.25, 0.3) is 5.95 Å². The molecule has 0 atom stereocenters. The molecule has 0 aliphatic carbocycles. The normalized spacial score (nSPS) is 11.1. The summed E-state index contributed by atoms with van der Waals surface area (Å²) in [5.41, 5.74) is -1.17.